The van der Waals surface area contributed by atoms with E-state index >= 15 is 0 Å². The van der Waals surface area contributed by atoms with Crippen LogP contribution in [0.3, 0.4) is 0 Å². The summed E-state index contributed by atoms with van der Waals surface area (Å²) in [5.41, 5.74) is 2.39. The van der Waals surface area contributed by atoms with E-state index in [9.17, 15) is 4.79 Å². The molecule has 4 heteroatoms. The topological polar surface area (TPSA) is 54.0 Å². The molecule has 1 saturated carbocycles. The standard InChI is InChI=1S/C14H21N3O/c1-4-14(6-5-7-14)17-13(18)11-9-16-10(2)8-12(11)15-3/h8-9H,4-7H2,1-3H3,(H,15,16)(H,17,18). The Morgan fingerprint density at radius 2 is 2.22 bits per heavy atom. The molecule has 0 bridgehead atoms. The van der Waals surface area contributed by atoms with E-state index < -0.39 is 0 Å². The zero-order valence-corrected chi connectivity index (χ0v) is 11.3. The summed E-state index contributed by atoms with van der Waals surface area (Å²) < 4.78 is 0. The van der Waals surface area contributed by atoms with Gasteiger partial charge in [-0.1, -0.05) is 6.92 Å². The van der Waals surface area contributed by atoms with Gasteiger partial charge in [0.2, 0.25) is 0 Å². The van der Waals surface area contributed by atoms with Crippen molar-refractivity contribution in [3.8, 4) is 0 Å². The largest absolute Gasteiger partial charge is 0.387 e. The highest BCUT2D eigenvalue weighted by Crippen LogP contribution is 2.35. The molecule has 1 aliphatic carbocycles. The van der Waals surface area contributed by atoms with Gasteiger partial charge in [-0.25, -0.2) is 0 Å². The van der Waals surface area contributed by atoms with Crippen LogP contribution in [0.25, 0.3) is 0 Å². The van der Waals surface area contributed by atoms with E-state index in [1.807, 2.05) is 20.0 Å². The molecule has 1 amide bonds. The molecule has 2 rings (SSSR count). The van der Waals surface area contributed by atoms with Crippen molar-refractivity contribution < 1.29 is 4.79 Å². The Kier molecular flexibility index (Phi) is 3.55. The lowest BCUT2D eigenvalue weighted by Crippen LogP contribution is -2.53. The number of carbonyl (C=O) groups is 1. The van der Waals surface area contributed by atoms with E-state index in [1.165, 1.54) is 6.42 Å². The van der Waals surface area contributed by atoms with Gasteiger partial charge < -0.3 is 10.6 Å². The van der Waals surface area contributed by atoms with Crippen LogP contribution in [0.1, 0.15) is 48.7 Å². The zero-order chi connectivity index (χ0) is 13.2. The van der Waals surface area contributed by atoms with Crippen LogP contribution in [0.15, 0.2) is 12.3 Å². The Hall–Kier alpha value is -1.58. The molecular weight excluding hydrogens is 226 g/mol. The maximum absolute atomic E-state index is 12.3. The van der Waals surface area contributed by atoms with Crippen molar-refractivity contribution in [3.63, 3.8) is 0 Å². The number of amides is 1. The molecular formula is C14H21N3O. The number of aromatic nitrogens is 1. The fourth-order valence-corrected chi connectivity index (χ4v) is 2.43. The summed E-state index contributed by atoms with van der Waals surface area (Å²) in [6, 6.07) is 1.90. The SMILES string of the molecule is CCC1(NC(=O)c2cnc(C)cc2NC)CCC1. The lowest BCUT2D eigenvalue weighted by atomic mass is 9.74. The van der Waals surface area contributed by atoms with Crippen LogP contribution in [0.5, 0.6) is 0 Å². The summed E-state index contributed by atoms with van der Waals surface area (Å²) in [7, 11) is 1.82. The van der Waals surface area contributed by atoms with Crippen LogP contribution in [-0.4, -0.2) is 23.5 Å². The number of hydrogen-bond acceptors (Lipinski definition) is 3. The van der Waals surface area contributed by atoms with Gasteiger partial charge in [-0.3, -0.25) is 9.78 Å². The highest BCUT2D eigenvalue weighted by atomic mass is 16.1. The maximum Gasteiger partial charge on any atom is 0.255 e. The first kappa shape index (κ1) is 12.9. The van der Waals surface area contributed by atoms with Crippen molar-refractivity contribution in [1.29, 1.82) is 0 Å². The van der Waals surface area contributed by atoms with Gasteiger partial charge in [0.15, 0.2) is 0 Å². The van der Waals surface area contributed by atoms with Crippen molar-refractivity contribution in [2.24, 2.45) is 0 Å². The van der Waals surface area contributed by atoms with Crippen LogP contribution >= 0.6 is 0 Å². The molecule has 1 fully saturated rings. The van der Waals surface area contributed by atoms with Crippen LogP contribution < -0.4 is 10.6 Å². The Morgan fingerprint density at radius 1 is 1.50 bits per heavy atom. The number of anilines is 1. The number of nitrogens with one attached hydrogen (secondary N) is 2. The molecule has 0 aromatic carbocycles. The first-order chi connectivity index (χ1) is 8.60. The second-order valence-electron chi connectivity index (χ2n) is 5.06. The first-order valence-electron chi connectivity index (χ1n) is 6.57. The van der Waals surface area contributed by atoms with Crippen molar-refractivity contribution in [1.82, 2.24) is 10.3 Å². The third kappa shape index (κ3) is 2.33. The van der Waals surface area contributed by atoms with E-state index in [2.05, 4.69) is 22.5 Å². The van der Waals surface area contributed by atoms with Crippen LogP contribution in [-0.2, 0) is 0 Å². The van der Waals surface area contributed by atoms with Crippen LogP contribution in [0, 0.1) is 6.92 Å². The summed E-state index contributed by atoms with van der Waals surface area (Å²) in [5, 5.41) is 6.23. The molecule has 0 aliphatic heterocycles. The normalized spacial score (nSPS) is 16.8. The Balaban J connectivity index is 2.18. The molecule has 1 aromatic heterocycles. The summed E-state index contributed by atoms with van der Waals surface area (Å²) in [5.74, 6) is -0.0200. The Morgan fingerprint density at radius 3 is 2.72 bits per heavy atom. The highest BCUT2D eigenvalue weighted by Gasteiger charge is 2.36. The van der Waals surface area contributed by atoms with E-state index in [1.54, 1.807) is 6.20 Å². The highest BCUT2D eigenvalue weighted by molar-refractivity contribution is 5.99. The van der Waals surface area contributed by atoms with Gasteiger partial charge in [0.05, 0.1) is 11.3 Å². The first-order valence-corrected chi connectivity index (χ1v) is 6.57. The fourth-order valence-electron chi connectivity index (χ4n) is 2.43. The summed E-state index contributed by atoms with van der Waals surface area (Å²) in [6.07, 6.45) is 6.03. The molecule has 98 valence electrons. The number of carbonyl (C=O) groups excluding carboxylic acids is 1. The number of pyridine rings is 1. The summed E-state index contributed by atoms with van der Waals surface area (Å²) in [6.45, 7) is 4.05. The quantitative estimate of drug-likeness (QED) is 0.859. The number of rotatable bonds is 4. The van der Waals surface area contributed by atoms with Crippen molar-refractivity contribution >= 4 is 11.6 Å². The van der Waals surface area contributed by atoms with Gasteiger partial charge in [0.1, 0.15) is 0 Å². The van der Waals surface area contributed by atoms with Gasteiger partial charge >= 0.3 is 0 Å². The molecule has 2 N–H and O–H groups in total. The zero-order valence-electron chi connectivity index (χ0n) is 11.3. The van der Waals surface area contributed by atoms with E-state index in [-0.39, 0.29) is 11.4 Å². The van der Waals surface area contributed by atoms with Gasteiger partial charge in [0.25, 0.3) is 5.91 Å². The van der Waals surface area contributed by atoms with Crippen molar-refractivity contribution in [2.75, 3.05) is 12.4 Å². The molecule has 18 heavy (non-hydrogen) atoms. The Bertz CT molecular complexity index is 447. The molecule has 0 unspecified atom stereocenters. The van der Waals surface area contributed by atoms with Crippen LogP contribution in [0.4, 0.5) is 5.69 Å². The smallest absolute Gasteiger partial charge is 0.255 e. The van der Waals surface area contributed by atoms with Crippen LogP contribution in [0.2, 0.25) is 0 Å². The second-order valence-corrected chi connectivity index (χ2v) is 5.06. The third-order valence-electron chi connectivity index (χ3n) is 3.92. The molecule has 0 saturated heterocycles. The van der Waals surface area contributed by atoms with E-state index in [4.69, 9.17) is 0 Å². The molecule has 0 radical (unpaired) electrons. The number of nitrogens with zero attached hydrogens (tertiary/aromatic N) is 1. The van der Waals surface area contributed by atoms with E-state index in [0.717, 1.165) is 30.6 Å². The minimum absolute atomic E-state index is 0.0200. The predicted octanol–water partition coefficient (Wildman–Crippen LogP) is 2.49. The van der Waals surface area contributed by atoms with Gasteiger partial charge in [0, 0.05) is 24.5 Å². The monoisotopic (exact) mass is 247 g/mol. The summed E-state index contributed by atoms with van der Waals surface area (Å²) in [4.78, 5) is 16.5. The molecule has 1 heterocycles. The predicted molar refractivity (Wildman–Crippen MR) is 72.9 cm³/mol. The lowest BCUT2D eigenvalue weighted by molar-refractivity contribution is 0.0821. The molecule has 1 aliphatic rings. The van der Waals surface area contributed by atoms with Gasteiger partial charge in [-0.05, 0) is 38.7 Å². The fraction of sp³-hybridized carbons (Fsp3) is 0.571. The van der Waals surface area contributed by atoms with Crippen molar-refractivity contribution in [3.05, 3.63) is 23.5 Å². The third-order valence-corrected chi connectivity index (χ3v) is 3.92. The minimum atomic E-state index is -0.0200. The molecule has 4 nitrogen and oxygen atoms in total. The maximum atomic E-state index is 12.3. The lowest BCUT2D eigenvalue weighted by Gasteiger charge is -2.42. The van der Waals surface area contributed by atoms with Gasteiger partial charge in [-0.2, -0.15) is 0 Å². The van der Waals surface area contributed by atoms with Gasteiger partial charge in [-0.15, -0.1) is 0 Å². The summed E-state index contributed by atoms with van der Waals surface area (Å²) >= 11 is 0. The number of hydrogen-bond donors (Lipinski definition) is 2. The average molecular weight is 247 g/mol. The molecule has 0 spiro atoms. The van der Waals surface area contributed by atoms with Crippen molar-refractivity contribution in [2.45, 2.75) is 45.1 Å². The Labute approximate surface area is 108 Å². The molecule has 0 atom stereocenters. The molecule has 1 aromatic rings. The second kappa shape index (κ2) is 4.96. The van der Waals surface area contributed by atoms with E-state index in [0.29, 0.717) is 5.56 Å². The minimum Gasteiger partial charge on any atom is -0.387 e. The number of aryl methyl sites for hydroxylation is 1. The average Bonchev–Trinajstić information content (AvgIpc) is 2.33.